The van der Waals surface area contributed by atoms with E-state index in [0.29, 0.717) is 58.3 Å². The van der Waals surface area contributed by atoms with Crippen molar-refractivity contribution in [1.29, 1.82) is 0 Å². The van der Waals surface area contributed by atoms with Crippen molar-refractivity contribution in [3.8, 4) is 23.1 Å². The molecule has 0 saturated heterocycles. The highest BCUT2D eigenvalue weighted by Gasteiger charge is 2.17. The summed E-state index contributed by atoms with van der Waals surface area (Å²) in [6.45, 7) is 2.77. The van der Waals surface area contributed by atoms with Gasteiger partial charge in [-0.2, -0.15) is 9.78 Å². The van der Waals surface area contributed by atoms with Gasteiger partial charge in [0.2, 0.25) is 5.82 Å². The summed E-state index contributed by atoms with van der Waals surface area (Å²) in [5, 5.41) is 5.92. The van der Waals surface area contributed by atoms with Gasteiger partial charge in [0, 0.05) is 19.9 Å². The third-order valence-corrected chi connectivity index (χ3v) is 7.54. The molecule has 0 aliphatic carbocycles. The van der Waals surface area contributed by atoms with Crippen LogP contribution in [0.5, 0.6) is 11.5 Å². The van der Waals surface area contributed by atoms with Gasteiger partial charge < -0.3 is 13.9 Å². The van der Waals surface area contributed by atoms with E-state index in [1.54, 1.807) is 24.4 Å². The van der Waals surface area contributed by atoms with Crippen LogP contribution >= 0.6 is 31.9 Å². The number of nitrogens with zero attached hydrogens (tertiary/aromatic N) is 3. The quantitative estimate of drug-likeness (QED) is 0.152. The second-order valence-corrected chi connectivity index (χ2v) is 10.9. The Morgan fingerprint density at radius 3 is 2.54 bits per heavy atom. The molecule has 0 saturated carbocycles. The monoisotopic (exact) mass is 671 g/mol. The summed E-state index contributed by atoms with van der Waals surface area (Å²) in [4.78, 5) is 18.4. The molecule has 7 nitrogen and oxygen atoms in total. The zero-order valence-corrected chi connectivity index (χ0v) is 25.1. The number of para-hydroxylation sites is 1. The minimum atomic E-state index is -0.313. The zero-order valence-electron chi connectivity index (χ0n) is 21.9. The topological polar surface area (TPSA) is 78.9 Å². The molecule has 0 aliphatic rings. The lowest BCUT2D eigenvalue weighted by Gasteiger charge is -2.14. The largest absolute Gasteiger partial charge is 0.490 e. The average Bonchev–Trinajstić information content (AvgIpc) is 3.41. The molecular formula is C32H23Br2N3O4. The Labute approximate surface area is 252 Å². The molecule has 0 atom stereocenters. The van der Waals surface area contributed by atoms with Crippen molar-refractivity contribution in [3.63, 3.8) is 0 Å². The molecule has 204 valence electrons. The van der Waals surface area contributed by atoms with E-state index in [9.17, 15) is 4.79 Å². The highest BCUT2D eigenvalue weighted by Crippen LogP contribution is 2.34. The molecule has 0 spiro atoms. The summed E-state index contributed by atoms with van der Waals surface area (Å²) in [6, 6.07) is 28.3. The van der Waals surface area contributed by atoms with Gasteiger partial charge in [0.05, 0.1) is 23.7 Å². The van der Waals surface area contributed by atoms with E-state index in [4.69, 9.17) is 18.9 Å². The van der Waals surface area contributed by atoms with Crippen LogP contribution in [0.1, 0.15) is 18.1 Å². The Hall–Kier alpha value is -4.21. The van der Waals surface area contributed by atoms with Crippen LogP contribution in [0.3, 0.4) is 0 Å². The lowest BCUT2D eigenvalue weighted by atomic mass is 10.2. The van der Waals surface area contributed by atoms with Crippen molar-refractivity contribution in [1.82, 2.24) is 9.66 Å². The highest BCUT2D eigenvalue weighted by atomic mass is 79.9. The summed E-state index contributed by atoms with van der Waals surface area (Å²) in [6.07, 6.45) is 1.59. The van der Waals surface area contributed by atoms with E-state index in [1.807, 2.05) is 79.7 Å². The molecule has 2 heterocycles. The standard InChI is InChI=1S/C32H23Br2N3O4/c1-2-39-28-16-22(25(34)17-29(28)40-19-20-8-4-3-5-9-20)18-35-37-31(36-26-11-7-6-10-24(26)32(37)38)30-15-21-14-23(33)12-13-27(21)41-30/h3-18H,2,19H2,1H3. The Morgan fingerprint density at radius 1 is 0.927 bits per heavy atom. The summed E-state index contributed by atoms with van der Waals surface area (Å²) in [5.41, 5.74) is 2.66. The van der Waals surface area contributed by atoms with Crippen LogP contribution in [0.4, 0.5) is 0 Å². The van der Waals surface area contributed by atoms with Gasteiger partial charge in [-0.1, -0.05) is 58.4 Å². The van der Waals surface area contributed by atoms with E-state index in [0.717, 1.165) is 19.9 Å². The first-order valence-corrected chi connectivity index (χ1v) is 14.5. The number of furan rings is 1. The number of fused-ring (bicyclic) bond motifs is 2. The zero-order chi connectivity index (χ0) is 28.3. The lowest BCUT2D eigenvalue weighted by molar-refractivity contribution is 0.269. The molecule has 0 unspecified atom stereocenters. The smallest absolute Gasteiger partial charge is 0.282 e. The average molecular weight is 673 g/mol. The highest BCUT2D eigenvalue weighted by molar-refractivity contribution is 9.10. The van der Waals surface area contributed by atoms with Crippen LogP contribution in [0.15, 0.2) is 114 Å². The van der Waals surface area contributed by atoms with Crippen LogP contribution < -0.4 is 15.0 Å². The molecule has 0 aliphatic heterocycles. The number of benzene rings is 4. The maximum absolute atomic E-state index is 13.6. The fourth-order valence-corrected chi connectivity index (χ4v) is 5.20. The molecule has 6 aromatic rings. The molecule has 0 fully saturated rings. The van der Waals surface area contributed by atoms with E-state index in [-0.39, 0.29) is 5.56 Å². The van der Waals surface area contributed by atoms with Crippen LogP contribution in [-0.4, -0.2) is 22.5 Å². The first kappa shape index (κ1) is 27.0. The first-order valence-electron chi connectivity index (χ1n) is 12.9. The van der Waals surface area contributed by atoms with E-state index in [2.05, 4.69) is 37.0 Å². The summed E-state index contributed by atoms with van der Waals surface area (Å²) < 4.78 is 21.0. The summed E-state index contributed by atoms with van der Waals surface area (Å²) in [5.74, 6) is 1.89. The van der Waals surface area contributed by atoms with Crippen LogP contribution in [0, 0.1) is 0 Å². The molecule has 0 radical (unpaired) electrons. The predicted molar refractivity (Wildman–Crippen MR) is 168 cm³/mol. The minimum Gasteiger partial charge on any atom is -0.490 e. The SMILES string of the molecule is CCOc1cc(C=Nn2c(-c3cc4cc(Br)ccc4o3)nc3ccccc3c2=O)c(Br)cc1OCc1ccccc1. The lowest BCUT2D eigenvalue weighted by Crippen LogP contribution is -2.20. The minimum absolute atomic E-state index is 0.293. The molecule has 4 aromatic carbocycles. The maximum Gasteiger partial charge on any atom is 0.282 e. The van der Waals surface area contributed by atoms with Crippen LogP contribution in [0.25, 0.3) is 33.5 Å². The van der Waals surface area contributed by atoms with Crippen molar-refractivity contribution in [2.24, 2.45) is 5.10 Å². The molecule has 6 rings (SSSR count). The number of hydrogen-bond acceptors (Lipinski definition) is 6. The molecule has 0 N–H and O–H groups in total. The van der Waals surface area contributed by atoms with Gasteiger partial charge in [-0.15, -0.1) is 0 Å². The number of halogens is 2. The number of hydrogen-bond donors (Lipinski definition) is 0. The molecule has 0 amide bonds. The van der Waals surface area contributed by atoms with Crippen LogP contribution in [-0.2, 0) is 6.61 Å². The number of rotatable bonds is 8. The number of aromatic nitrogens is 2. The van der Waals surface area contributed by atoms with Crippen molar-refractivity contribution in [2.75, 3.05) is 6.61 Å². The summed E-state index contributed by atoms with van der Waals surface area (Å²) in [7, 11) is 0. The molecule has 0 bridgehead atoms. The summed E-state index contributed by atoms with van der Waals surface area (Å²) >= 11 is 7.13. The fourth-order valence-electron chi connectivity index (χ4n) is 4.40. The van der Waals surface area contributed by atoms with Gasteiger partial charge >= 0.3 is 0 Å². The van der Waals surface area contributed by atoms with Gasteiger partial charge in [-0.3, -0.25) is 4.79 Å². The van der Waals surface area contributed by atoms with Crippen molar-refractivity contribution >= 4 is 59.9 Å². The molecular weight excluding hydrogens is 650 g/mol. The third kappa shape index (κ3) is 5.68. The Kier molecular flexibility index (Phi) is 7.71. The molecule has 41 heavy (non-hydrogen) atoms. The Bertz CT molecular complexity index is 1970. The predicted octanol–water partition coefficient (Wildman–Crippen LogP) is 8.19. The van der Waals surface area contributed by atoms with E-state index < -0.39 is 0 Å². The van der Waals surface area contributed by atoms with Crippen LogP contribution in [0.2, 0.25) is 0 Å². The second-order valence-electron chi connectivity index (χ2n) is 9.13. The Morgan fingerprint density at radius 2 is 1.71 bits per heavy atom. The van der Waals surface area contributed by atoms with Gasteiger partial charge in [-0.25, -0.2) is 4.98 Å². The van der Waals surface area contributed by atoms with E-state index in [1.165, 1.54) is 4.68 Å². The molecule has 2 aromatic heterocycles. The normalized spacial score (nSPS) is 11.5. The van der Waals surface area contributed by atoms with E-state index >= 15 is 0 Å². The van der Waals surface area contributed by atoms with Gasteiger partial charge in [0.25, 0.3) is 5.56 Å². The maximum atomic E-state index is 13.6. The second kappa shape index (κ2) is 11.7. The van der Waals surface area contributed by atoms with Crippen molar-refractivity contribution in [3.05, 3.63) is 121 Å². The van der Waals surface area contributed by atoms with Crippen molar-refractivity contribution < 1.29 is 13.9 Å². The third-order valence-electron chi connectivity index (χ3n) is 6.36. The van der Waals surface area contributed by atoms with Gasteiger partial charge in [0.15, 0.2) is 17.3 Å². The van der Waals surface area contributed by atoms with Gasteiger partial charge in [0.1, 0.15) is 12.2 Å². The first-order chi connectivity index (χ1) is 20.0. The molecule has 9 heteroatoms. The Balaban J connectivity index is 1.42. The fraction of sp³-hybridized carbons (Fsp3) is 0.0938. The van der Waals surface area contributed by atoms with Gasteiger partial charge in [-0.05, 0) is 76.9 Å². The number of ether oxygens (including phenoxy) is 2. The van der Waals surface area contributed by atoms with Crippen molar-refractivity contribution in [2.45, 2.75) is 13.5 Å².